The smallest absolute Gasteiger partial charge is 0.0707 e. The molecule has 23 heavy (non-hydrogen) atoms. The summed E-state index contributed by atoms with van der Waals surface area (Å²) in [6, 6.07) is 13.8. The molecule has 3 rings (SSSR count). The molecule has 1 N–H and O–H groups in total. The molecule has 0 spiro atoms. The van der Waals surface area contributed by atoms with E-state index in [-0.39, 0.29) is 4.75 Å². The molecule has 0 amide bonds. The second-order valence-electron chi connectivity index (χ2n) is 6.96. The Morgan fingerprint density at radius 1 is 1.09 bits per heavy atom. The lowest BCUT2D eigenvalue weighted by Crippen LogP contribution is -2.45. The van der Waals surface area contributed by atoms with Crippen LogP contribution in [0.15, 0.2) is 46.7 Å². The number of rotatable bonds is 4. The van der Waals surface area contributed by atoms with Gasteiger partial charge in [0.2, 0.25) is 0 Å². The van der Waals surface area contributed by atoms with Crippen molar-refractivity contribution in [2.75, 3.05) is 26.2 Å². The first-order valence-electron chi connectivity index (χ1n) is 8.31. The third-order valence-electron chi connectivity index (χ3n) is 3.96. The summed E-state index contributed by atoms with van der Waals surface area (Å²) < 4.78 is 0.222. The van der Waals surface area contributed by atoms with Crippen molar-refractivity contribution in [3.63, 3.8) is 0 Å². The highest BCUT2D eigenvalue weighted by molar-refractivity contribution is 8.00. The van der Waals surface area contributed by atoms with Gasteiger partial charge in [-0.2, -0.15) is 0 Å². The quantitative estimate of drug-likeness (QED) is 0.812. The second-order valence-corrected chi connectivity index (χ2v) is 9.80. The Bertz CT molecular complexity index is 611. The molecule has 0 unspecified atom stereocenters. The summed E-state index contributed by atoms with van der Waals surface area (Å²) >= 11 is 3.85. The molecule has 4 heteroatoms. The summed E-state index contributed by atoms with van der Waals surface area (Å²) in [6.07, 6.45) is 0. The molecule has 0 saturated carbocycles. The van der Waals surface area contributed by atoms with Crippen molar-refractivity contribution < 1.29 is 0 Å². The molecule has 1 aromatic carbocycles. The highest BCUT2D eigenvalue weighted by Crippen LogP contribution is 2.41. The molecule has 1 aliphatic heterocycles. The van der Waals surface area contributed by atoms with Crippen LogP contribution in [0.1, 0.15) is 37.3 Å². The van der Waals surface area contributed by atoms with Crippen LogP contribution in [0.25, 0.3) is 0 Å². The highest BCUT2D eigenvalue weighted by Gasteiger charge is 2.27. The zero-order valence-corrected chi connectivity index (χ0v) is 15.8. The molecule has 2 aromatic rings. The van der Waals surface area contributed by atoms with Crippen LogP contribution in [0, 0.1) is 0 Å². The Morgan fingerprint density at radius 3 is 2.48 bits per heavy atom. The molecule has 1 saturated heterocycles. The van der Waals surface area contributed by atoms with Crippen molar-refractivity contribution in [1.29, 1.82) is 0 Å². The van der Waals surface area contributed by atoms with Crippen molar-refractivity contribution in [1.82, 2.24) is 10.2 Å². The third kappa shape index (κ3) is 4.38. The van der Waals surface area contributed by atoms with Crippen LogP contribution in [-0.4, -0.2) is 35.8 Å². The Labute approximate surface area is 148 Å². The summed E-state index contributed by atoms with van der Waals surface area (Å²) in [5.41, 5.74) is 1.46. The van der Waals surface area contributed by atoms with Gasteiger partial charge < -0.3 is 5.32 Å². The van der Waals surface area contributed by atoms with Crippen molar-refractivity contribution >= 4 is 23.1 Å². The lowest BCUT2D eigenvalue weighted by molar-refractivity contribution is 0.199. The van der Waals surface area contributed by atoms with Crippen molar-refractivity contribution in [3.05, 3.63) is 52.2 Å². The van der Waals surface area contributed by atoms with E-state index >= 15 is 0 Å². The van der Waals surface area contributed by atoms with E-state index in [4.69, 9.17) is 0 Å². The Morgan fingerprint density at radius 2 is 1.83 bits per heavy atom. The average Bonchev–Trinajstić information content (AvgIpc) is 3.03. The summed E-state index contributed by atoms with van der Waals surface area (Å²) in [4.78, 5) is 5.50. The minimum absolute atomic E-state index is 0.222. The van der Waals surface area contributed by atoms with Gasteiger partial charge in [0, 0.05) is 40.7 Å². The number of piperazine rings is 1. The number of thiophene rings is 1. The molecule has 124 valence electrons. The van der Waals surface area contributed by atoms with Gasteiger partial charge in [-0.15, -0.1) is 23.1 Å². The maximum Gasteiger partial charge on any atom is 0.0707 e. The molecule has 0 radical (unpaired) electrons. The normalized spacial score (nSPS) is 18.0. The first kappa shape index (κ1) is 17.0. The third-order valence-corrected chi connectivity index (χ3v) is 6.09. The largest absolute Gasteiger partial charge is 0.314 e. The summed E-state index contributed by atoms with van der Waals surface area (Å²) in [6.45, 7) is 11.2. The van der Waals surface area contributed by atoms with E-state index in [9.17, 15) is 0 Å². The molecule has 0 bridgehead atoms. The van der Waals surface area contributed by atoms with Gasteiger partial charge in [-0.3, -0.25) is 4.90 Å². The van der Waals surface area contributed by atoms with Crippen LogP contribution in [0.2, 0.25) is 0 Å². The number of hydrogen-bond donors (Lipinski definition) is 1. The second kappa shape index (κ2) is 7.39. The topological polar surface area (TPSA) is 15.3 Å². The molecule has 1 aromatic heterocycles. The predicted octanol–water partition coefficient (Wildman–Crippen LogP) is 4.63. The van der Waals surface area contributed by atoms with Gasteiger partial charge in [0.1, 0.15) is 0 Å². The van der Waals surface area contributed by atoms with E-state index in [1.165, 1.54) is 15.3 Å². The summed E-state index contributed by atoms with van der Waals surface area (Å²) in [5.74, 6) is 0. The van der Waals surface area contributed by atoms with Crippen molar-refractivity contribution in [3.8, 4) is 0 Å². The van der Waals surface area contributed by atoms with Crippen LogP contribution < -0.4 is 5.32 Å². The summed E-state index contributed by atoms with van der Waals surface area (Å²) in [5, 5.41) is 5.67. The first-order valence-corrected chi connectivity index (χ1v) is 10.0. The predicted molar refractivity (Wildman–Crippen MR) is 103 cm³/mol. The minimum atomic E-state index is 0.222. The fourth-order valence-corrected chi connectivity index (χ4v) is 5.03. The monoisotopic (exact) mass is 346 g/mol. The van der Waals surface area contributed by atoms with Gasteiger partial charge >= 0.3 is 0 Å². The number of hydrogen-bond acceptors (Lipinski definition) is 4. The van der Waals surface area contributed by atoms with E-state index in [1.54, 1.807) is 0 Å². The average molecular weight is 347 g/mol. The first-order chi connectivity index (χ1) is 11.0. The Kier molecular flexibility index (Phi) is 5.47. The van der Waals surface area contributed by atoms with Gasteiger partial charge in [-0.25, -0.2) is 0 Å². The molecular weight excluding hydrogens is 320 g/mol. The fourth-order valence-electron chi connectivity index (χ4n) is 3.05. The number of benzene rings is 1. The van der Waals surface area contributed by atoms with Gasteiger partial charge in [0.15, 0.2) is 0 Å². The van der Waals surface area contributed by atoms with Crippen LogP contribution in [0.5, 0.6) is 0 Å². The molecular formula is C19H26N2S2. The van der Waals surface area contributed by atoms with E-state index in [0.717, 1.165) is 26.2 Å². The lowest BCUT2D eigenvalue weighted by Gasteiger charge is -2.36. The number of nitrogens with one attached hydrogen (secondary N) is 1. The van der Waals surface area contributed by atoms with Crippen LogP contribution in [0.4, 0.5) is 0 Å². The van der Waals surface area contributed by atoms with Gasteiger partial charge in [0.25, 0.3) is 0 Å². The van der Waals surface area contributed by atoms with Crippen LogP contribution >= 0.6 is 23.1 Å². The number of nitrogens with zero attached hydrogens (tertiary/aromatic N) is 1. The number of thioether (sulfide) groups is 1. The van der Waals surface area contributed by atoms with E-state index in [0.29, 0.717) is 6.04 Å². The van der Waals surface area contributed by atoms with E-state index in [1.807, 2.05) is 23.1 Å². The standard InChI is InChI=1S/C19H26N2S2/c1-19(2,3)23-16-8-5-4-7-15(16)18(17-9-6-14-22-17)21-12-10-20-11-13-21/h4-9,14,18,20H,10-13H2,1-3H3/t18-/m1/s1. The van der Waals surface area contributed by atoms with Gasteiger partial charge in [-0.05, 0) is 23.1 Å². The minimum Gasteiger partial charge on any atom is -0.314 e. The van der Waals surface area contributed by atoms with Crippen LogP contribution in [-0.2, 0) is 0 Å². The van der Waals surface area contributed by atoms with Gasteiger partial charge in [-0.1, -0.05) is 45.0 Å². The van der Waals surface area contributed by atoms with Crippen molar-refractivity contribution in [2.24, 2.45) is 0 Å². The van der Waals surface area contributed by atoms with Gasteiger partial charge in [0.05, 0.1) is 6.04 Å². The molecule has 0 aliphatic carbocycles. The molecule has 2 nitrogen and oxygen atoms in total. The van der Waals surface area contributed by atoms with E-state index < -0.39 is 0 Å². The Balaban J connectivity index is 2.00. The van der Waals surface area contributed by atoms with Crippen molar-refractivity contribution in [2.45, 2.75) is 36.5 Å². The maximum absolute atomic E-state index is 3.48. The fraction of sp³-hybridized carbons (Fsp3) is 0.474. The Hall–Kier alpha value is -0.810. The summed E-state index contributed by atoms with van der Waals surface area (Å²) in [7, 11) is 0. The molecule has 1 fully saturated rings. The lowest BCUT2D eigenvalue weighted by atomic mass is 10.0. The van der Waals surface area contributed by atoms with E-state index in [2.05, 4.69) is 72.8 Å². The molecule has 1 atom stereocenters. The molecule has 2 heterocycles. The SMILES string of the molecule is CC(C)(C)Sc1ccccc1[C@H](c1cccs1)N1CCNCC1. The zero-order valence-electron chi connectivity index (χ0n) is 14.2. The molecule has 1 aliphatic rings. The highest BCUT2D eigenvalue weighted by atomic mass is 32.2. The maximum atomic E-state index is 3.48. The zero-order chi connectivity index (χ0) is 16.3. The van der Waals surface area contributed by atoms with Crippen LogP contribution in [0.3, 0.4) is 0 Å².